The van der Waals surface area contributed by atoms with E-state index in [0.29, 0.717) is 22.9 Å². The smallest absolute Gasteiger partial charge is 0.325 e. The predicted octanol–water partition coefficient (Wildman–Crippen LogP) is 3.10. The fourth-order valence-corrected chi connectivity index (χ4v) is 4.06. The minimum absolute atomic E-state index is 0.0507. The average Bonchev–Trinajstić information content (AvgIpc) is 2.85. The van der Waals surface area contributed by atoms with Crippen molar-refractivity contribution in [3.8, 4) is 5.75 Å². The van der Waals surface area contributed by atoms with E-state index < -0.39 is 17.5 Å². The van der Waals surface area contributed by atoms with Crippen LogP contribution in [0.4, 0.5) is 10.5 Å². The molecule has 1 aromatic carbocycles. The molecule has 3 rings (SSSR count). The van der Waals surface area contributed by atoms with E-state index in [1.807, 2.05) is 13.8 Å². The molecule has 2 fully saturated rings. The minimum Gasteiger partial charge on any atom is -0.495 e. The SMILES string of the molecule is COc1cc(Cl)c(C)cc1NC(=O)CN1C(=O)NC2(CCCCC2C)C1=O. The van der Waals surface area contributed by atoms with Crippen molar-refractivity contribution in [3.05, 3.63) is 22.7 Å². The molecule has 1 saturated heterocycles. The highest BCUT2D eigenvalue weighted by atomic mass is 35.5. The number of urea groups is 1. The number of rotatable bonds is 4. The number of hydrogen-bond acceptors (Lipinski definition) is 4. The van der Waals surface area contributed by atoms with E-state index in [1.54, 1.807) is 12.1 Å². The number of methoxy groups -OCH3 is 1. The normalized spacial score (nSPS) is 24.9. The van der Waals surface area contributed by atoms with E-state index in [4.69, 9.17) is 16.3 Å². The molecular weight excluding hydrogens is 370 g/mol. The van der Waals surface area contributed by atoms with Gasteiger partial charge in [0.05, 0.1) is 12.8 Å². The Morgan fingerprint density at radius 2 is 2.15 bits per heavy atom. The first kappa shape index (κ1) is 19.5. The number of imide groups is 1. The van der Waals surface area contributed by atoms with Crippen LogP contribution in [0, 0.1) is 12.8 Å². The Balaban J connectivity index is 1.74. The van der Waals surface area contributed by atoms with E-state index in [9.17, 15) is 14.4 Å². The van der Waals surface area contributed by atoms with Gasteiger partial charge in [-0.25, -0.2) is 4.79 Å². The number of anilines is 1. The number of amides is 4. The molecule has 1 heterocycles. The molecule has 1 aromatic rings. The third-order valence-corrected chi connectivity index (χ3v) is 5.97. The van der Waals surface area contributed by atoms with Crippen molar-refractivity contribution in [2.45, 2.75) is 45.1 Å². The van der Waals surface area contributed by atoms with Gasteiger partial charge in [-0.1, -0.05) is 31.4 Å². The standard InChI is InChI=1S/C19H24ClN3O4/c1-11-8-14(15(27-3)9-13(11)20)21-16(24)10-23-17(25)19(22-18(23)26)7-5-4-6-12(19)2/h8-9,12H,4-7,10H2,1-3H3,(H,21,24)(H,22,26). The lowest BCUT2D eigenvalue weighted by Crippen LogP contribution is -2.54. The maximum absolute atomic E-state index is 12.9. The largest absolute Gasteiger partial charge is 0.495 e. The molecule has 1 spiro atoms. The number of hydrogen-bond donors (Lipinski definition) is 2. The van der Waals surface area contributed by atoms with Crippen LogP contribution in [0.3, 0.4) is 0 Å². The molecular formula is C19H24ClN3O4. The Bertz CT molecular complexity index is 797. The second-order valence-corrected chi connectivity index (χ2v) is 7.70. The fraction of sp³-hybridized carbons (Fsp3) is 0.526. The van der Waals surface area contributed by atoms with Crippen molar-refractivity contribution < 1.29 is 19.1 Å². The summed E-state index contributed by atoms with van der Waals surface area (Å²) in [4.78, 5) is 38.8. The number of nitrogens with one attached hydrogen (secondary N) is 2. The molecule has 4 amide bonds. The quantitative estimate of drug-likeness (QED) is 0.769. The summed E-state index contributed by atoms with van der Waals surface area (Å²) in [5.74, 6) is -0.323. The minimum atomic E-state index is -0.871. The van der Waals surface area contributed by atoms with Crippen molar-refractivity contribution in [2.24, 2.45) is 5.92 Å². The number of ether oxygens (including phenoxy) is 1. The van der Waals surface area contributed by atoms with E-state index in [0.717, 1.165) is 29.7 Å². The van der Waals surface area contributed by atoms with Crippen molar-refractivity contribution in [3.63, 3.8) is 0 Å². The molecule has 27 heavy (non-hydrogen) atoms. The number of nitrogens with zero attached hydrogens (tertiary/aromatic N) is 1. The van der Waals surface area contributed by atoms with E-state index in [-0.39, 0.29) is 18.4 Å². The first-order valence-corrected chi connectivity index (χ1v) is 9.44. The van der Waals surface area contributed by atoms with Gasteiger partial charge in [-0.15, -0.1) is 0 Å². The lowest BCUT2D eigenvalue weighted by molar-refractivity contribution is -0.136. The zero-order valence-electron chi connectivity index (χ0n) is 15.7. The topological polar surface area (TPSA) is 87.7 Å². The monoisotopic (exact) mass is 393 g/mol. The van der Waals surface area contributed by atoms with Crippen LogP contribution in [0.15, 0.2) is 12.1 Å². The number of halogens is 1. The summed E-state index contributed by atoms with van der Waals surface area (Å²) < 4.78 is 5.24. The van der Waals surface area contributed by atoms with Gasteiger partial charge in [0, 0.05) is 11.1 Å². The molecule has 7 nitrogen and oxygen atoms in total. The van der Waals surface area contributed by atoms with Gasteiger partial charge in [0.2, 0.25) is 5.91 Å². The third kappa shape index (κ3) is 3.48. The number of carbonyl (C=O) groups is 3. The molecule has 2 N–H and O–H groups in total. The van der Waals surface area contributed by atoms with Gasteiger partial charge in [0.25, 0.3) is 5.91 Å². The Labute approximate surface area is 163 Å². The van der Waals surface area contributed by atoms with Crippen LogP contribution in [-0.2, 0) is 9.59 Å². The van der Waals surface area contributed by atoms with E-state index in [1.165, 1.54) is 7.11 Å². The van der Waals surface area contributed by atoms with Gasteiger partial charge in [-0.3, -0.25) is 14.5 Å². The predicted molar refractivity (Wildman–Crippen MR) is 102 cm³/mol. The Hall–Kier alpha value is -2.28. The summed E-state index contributed by atoms with van der Waals surface area (Å²) in [6.45, 7) is 3.44. The number of aryl methyl sites for hydroxylation is 1. The molecule has 0 radical (unpaired) electrons. The highest BCUT2D eigenvalue weighted by Gasteiger charge is 2.55. The summed E-state index contributed by atoms with van der Waals surface area (Å²) in [5.41, 5.74) is 0.347. The fourth-order valence-electron chi connectivity index (χ4n) is 3.90. The zero-order valence-corrected chi connectivity index (χ0v) is 16.5. The van der Waals surface area contributed by atoms with Crippen LogP contribution in [0.25, 0.3) is 0 Å². The Morgan fingerprint density at radius 3 is 2.81 bits per heavy atom. The maximum Gasteiger partial charge on any atom is 0.325 e. The molecule has 2 atom stereocenters. The Morgan fingerprint density at radius 1 is 1.41 bits per heavy atom. The molecule has 8 heteroatoms. The van der Waals surface area contributed by atoms with Crippen LogP contribution in [0.5, 0.6) is 5.75 Å². The maximum atomic E-state index is 12.9. The van der Waals surface area contributed by atoms with Crippen LogP contribution in [-0.4, -0.2) is 41.9 Å². The van der Waals surface area contributed by atoms with Crippen LogP contribution < -0.4 is 15.4 Å². The van der Waals surface area contributed by atoms with Crippen molar-refractivity contribution >= 4 is 35.1 Å². The molecule has 1 saturated carbocycles. The van der Waals surface area contributed by atoms with Gasteiger partial charge in [0.1, 0.15) is 17.8 Å². The summed E-state index contributed by atoms with van der Waals surface area (Å²) in [7, 11) is 1.47. The first-order valence-electron chi connectivity index (χ1n) is 9.06. The second kappa shape index (κ2) is 7.38. The van der Waals surface area contributed by atoms with Gasteiger partial charge < -0.3 is 15.4 Å². The van der Waals surface area contributed by atoms with Crippen molar-refractivity contribution in [2.75, 3.05) is 19.0 Å². The van der Waals surface area contributed by atoms with Gasteiger partial charge >= 0.3 is 6.03 Å². The molecule has 146 valence electrons. The molecule has 2 unspecified atom stereocenters. The van der Waals surface area contributed by atoms with Crippen molar-refractivity contribution in [1.29, 1.82) is 0 Å². The van der Waals surface area contributed by atoms with Crippen LogP contribution in [0.1, 0.15) is 38.2 Å². The molecule has 0 bridgehead atoms. The molecule has 1 aliphatic heterocycles. The van der Waals surface area contributed by atoms with E-state index >= 15 is 0 Å². The van der Waals surface area contributed by atoms with Crippen molar-refractivity contribution in [1.82, 2.24) is 10.2 Å². The van der Waals surface area contributed by atoms with Crippen LogP contribution in [0.2, 0.25) is 5.02 Å². The first-order chi connectivity index (χ1) is 12.8. The van der Waals surface area contributed by atoms with Crippen LogP contribution >= 0.6 is 11.6 Å². The summed E-state index contributed by atoms with van der Waals surface area (Å²) in [6.07, 6.45) is 3.42. The zero-order chi connectivity index (χ0) is 19.8. The summed E-state index contributed by atoms with van der Waals surface area (Å²) >= 11 is 6.07. The van der Waals surface area contributed by atoms with Gasteiger partial charge in [0.15, 0.2) is 0 Å². The Kier molecular flexibility index (Phi) is 5.33. The molecule has 1 aliphatic carbocycles. The highest BCUT2D eigenvalue weighted by Crippen LogP contribution is 2.38. The number of carbonyl (C=O) groups excluding carboxylic acids is 3. The molecule has 2 aliphatic rings. The molecule has 0 aromatic heterocycles. The lowest BCUT2D eigenvalue weighted by atomic mass is 9.73. The summed E-state index contributed by atoms with van der Waals surface area (Å²) in [5, 5.41) is 6.07. The third-order valence-electron chi connectivity index (χ3n) is 5.56. The van der Waals surface area contributed by atoms with E-state index in [2.05, 4.69) is 10.6 Å². The second-order valence-electron chi connectivity index (χ2n) is 7.29. The van der Waals surface area contributed by atoms with Gasteiger partial charge in [-0.05, 0) is 37.3 Å². The number of benzene rings is 1. The summed E-state index contributed by atoms with van der Waals surface area (Å²) in [6, 6.07) is 2.79. The van der Waals surface area contributed by atoms with Gasteiger partial charge in [-0.2, -0.15) is 0 Å². The lowest BCUT2D eigenvalue weighted by Gasteiger charge is -2.36. The highest BCUT2D eigenvalue weighted by molar-refractivity contribution is 6.31. The average molecular weight is 394 g/mol.